The highest BCUT2D eigenvalue weighted by Gasteiger charge is 2.08. The molecule has 0 atom stereocenters. The van der Waals surface area contributed by atoms with Gasteiger partial charge in [-0.2, -0.15) is 0 Å². The van der Waals surface area contributed by atoms with Crippen molar-refractivity contribution in [2.24, 2.45) is 0 Å². The number of unbranched alkanes of at least 4 members (excludes halogenated alkanes) is 2. The van der Waals surface area contributed by atoms with Crippen LogP contribution in [0.5, 0.6) is 0 Å². The van der Waals surface area contributed by atoms with Gasteiger partial charge in [-0.1, -0.05) is 31.9 Å². The highest BCUT2D eigenvalue weighted by atomic mass is 19.1. The van der Waals surface area contributed by atoms with E-state index in [9.17, 15) is 14.0 Å². The molecule has 0 aromatic heterocycles. The van der Waals surface area contributed by atoms with E-state index in [1.165, 1.54) is 42.7 Å². The molecule has 0 heterocycles. The van der Waals surface area contributed by atoms with Crippen molar-refractivity contribution in [3.63, 3.8) is 0 Å². The average Bonchev–Trinajstić information content (AvgIpc) is 2.62. The lowest BCUT2D eigenvalue weighted by Crippen LogP contribution is -2.32. The quantitative estimate of drug-likeness (QED) is 0.714. The molecular formula is C20H23FN2O2. The minimum atomic E-state index is -0.415. The smallest absolute Gasteiger partial charge is 0.251 e. The van der Waals surface area contributed by atoms with Crippen molar-refractivity contribution in [1.29, 1.82) is 0 Å². The summed E-state index contributed by atoms with van der Waals surface area (Å²) in [6, 6.07) is 12.9. The molecular weight excluding hydrogens is 319 g/mol. The summed E-state index contributed by atoms with van der Waals surface area (Å²) in [6.45, 7) is 2.03. The van der Waals surface area contributed by atoms with Gasteiger partial charge in [-0.15, -0.1) is 0 Å². The van der Waals surface area contributed by atoms with Crippen LogP contribution in [0.4, 0.5) is 10.1 Å². The maximum atomic E-state index is 12.8. The van der Waals surface area contributed by atoms with Crippen LogP contribution in [0, 0.1) is 5.82 Å². The molecule has 0 unspecified atom stereocenters. The van der Waals surface area contributed by atoms with Gasteiger partial charge < -0.3 is 10.6 Å². The van der Waals surface area contributed by atoms with Crippen molar-refractivity contribution in [2.45, 2.75) is 32.6 Å². The molecule has 0 saturated heterocycles. The average molecular weight is 342 g/mol. The molecule has 2 aromatic rings. The van der Waals surface area contributed by atoms with E-state index in [1.54, 1.807) is 0 Å². The lowest BCUT2D eigenvalue weighted by molar-refractivity contribution is -0.115. The van der Waals surface area contributed by atoms with Gasteiger partial charge in [0.1, 0.15) is 5.82 Å². The third-order valence-corrected chi connectivity index (χ3v) is 3.82. The van der Waals surface area contributed by atoms with Crippen LogP contribution in [0.3, 0.4) is 0 Å². The Morgan fingerprint density at radius 2 is 1.64 bits per heavy atom. The third kappa shape index (κ3) is 6.37. The number of carbonyl (C=O) groups is 2. The first-order chi connectivity index (χ1) is 12.1. The predicted octanol–water partition coefficient (Wildman–Crippen LogP) is 3.93. The first kappa shape index (κ1) is 18.6. The third-order valence-electron chi connectivity index (χ3n) is 3.82. The molecule has 0 fully saturated rings. The minimum absolute atomic E-state index is 0.144. The van der Waals surface area contributed by atoms with Gasteiger partial charge in [0, 0.05) is 11.3 Å². The SMILES string of the molecule is CCCCCc1ccc(NC(=O)CNC(=O)c2ccc(F)cc2)cc1. The molecule has 2 N–H and O–H groups in total. The Hall–Kier alpha value is -2.69. The summed E-state index contributed by atoms with van der Waals surface area (Å²) in [5.74, 6) is -1.14. The van der Waals surface area contributed by atoms with Crippen molar-refractivity contribution in [3.05, 3.63) is 65.5 Å². The maximum absolute atomic E-state index is 12.8. The van der Waals surface area contributed by atoms with Crippen LogP contribution in [0.15, 0.2) is 48.5 Å². The molecule has 0 bridgehead atoms. The van der Waals surface area contributed by atoms with Crippen LogP contribution in [0.25, 0.3) is 0 Å². The molecule has 0 spiro atoms. The van der Waals surface area contributed by atoms with Crippen molar-refractivity contribution in [2.75, 3.05) is 11.9 Å². The number of hydrogen-bond donors (Lipinski definition) is 2. The Balaban J connectivity index is 1.77. The number of benzene rings is 2. The van der Waals surface area contributed by atoms with Gasteiger partial charge in [0.25, 0.3) is 5.91 Å². The predicted molar refractivity (Wildman–Crippen MR) is 97.0 cm³/mol. The number of halogens is 1. The van der Waals surface area contributed by atoms with E-state index in [1.807, 2.05) is 24.3 Å². The normalized spacial score (nSPS) is 10.3. The number of nitrogens with one attached hydrogen (secondary N) is 2. The van der Waals surface area contributed by atoms with Crippen LogP contribution in [-0.2, 0) is 11.2 Å². The van der Waals surface area contributed by atoms with Crippen molar-refractivity contribution in [1.82, 2.24) is 5.32 Å². The lowest BCUT2D eigenvalue weighted by atomic mass is 10.1. The Morgan fingerprint density at radius 1 is 0.960 bits per heavy atom. The fraction of sp³-hybridized carbons (Fsp3) is 0.300. The van der Waals surface area contributed by atoms with Crippen molar-refractivity contribution < 1.29 is 14.0 Å². The summed E-state index contributed by atoms with van der Waals surface area (Å²) < 4.78 is 12.8. The fourth-order valence-electron chi connectivity index (χ4n) is 2.40. The molecule has 25 heavy (non-hydrogen) atoms. The summed E-state index contributed by atoms with van der Waals surface area (Å²) in [7, 11) is 0. The molecule has 0 aliphatic rings. The molecule has 2 aromatic carbocycles. The standard InChI is InChI=1S/C20H23FN2O2/c1-2-3-4-5-15-6-12-18(13-7-15)23-19(24)14-22-20(25)16-8-10-17(21)11-9-16/h6-13H,2-5,14H2,1H3,(H,22,25)(H,23,24). The molecule has 2 amide bonds. The summed E-state index contributed by atoms with van der Waals surface area (Å²) in [5, 5.41) is 5.25. The van der Waals surface area contributed by atoms with E-state index >= 15 is 0 Å². The van der Waals surface area contributed by atoms with Gasteiger partial charge in [-0.3, -0.25) is 9.59 Å². The van der Waals surface area contributed by atoms with Gasteiger partial charge in [-0.05, 0) is 54.8 Å². The number of amides is 2. The minimum Gasteiger partial charge on any atom is -0.343 e. The van der Waals surface area contributed by atoms with E-state index < -0.39 is 11.7 Å². The Kier molecular flexibility index (Phi) is 7.14. The van der Waals surface area contributed by atoms with Gasteiger partial charge in [0.2, 0.25) is 5.91 Å². The summed E-state index contributed by atoms with van der Waals surface area (Å²) >= 11 is 0. The zero-order chi connectivity index (χ0) is 18.1. The molecule has 2 rings (SSSR count). The largest absolute Gasteiger partial charge is 0.343 e. The zero-order valence-electron chi connectivity index (χ0n) is 14.3. The second-order valence-electron chi connectivity index (χ2n) is 5.89. The molecule has 5 heteroatoms. The van der Waals surface area contributed by atoms with Crippen LogP contribution in [0.2, 0.25) is 0 Å². The molecule has 132 valence electrons. The number of rotatable bonds is 8. The van der Waals surface area contributed by atoms with Crippen LogP contribution < -0.4 is 10.6 Å². The highest BCUT2D eigenvalue weighted by molar-refractivity contribution is 5.99. The Labute approximate surface area is 147 Å². The topological polar surface area (TPSA) is 58.2 Å². The Morgan fingerprint density at radius 3 is 2.28 bits per heavy atom. The summed E-state index contributed by atoms with van der Waals surface area (Å²) in [6.07, 6.45) is 4.61. The van der Waals surface area contributed by atoms with Crippen molar-refractivity contribution >= 4 is 17.5 Å². The number of hydrogen-bond acceptors (Lipinski definition) is 2. The second kappa shape index (κ2) is 9.57. The first-order valence-electron chi connectivity index (χ1n) is 8.51. The van der Waals surface area contributed by atoms with Crippen molar-refractivity contribution in [3.8, 4) is 0 Å². The second-order valence-corrected chi connectivity index (χ2v) is 5.89. The summed E-state index contributed by atoms with van der Waals surface area (Å²) in [4.78, 5) is 23.8. The van der Waals surface area contributed by atoms with E-state index in [0.29, 0.717) is 11.3 Å². The van der Waals surface area contributed by atoms with Crippen LogP contribution in [0.1, 0.15) is 42.1 Å². The van der Waals surface area contributed by atoms with E-state index in [0.717, 1.165) is 12.8 Å². The monoisotopic (exact) mass is 342 g/mol. The van der Waals surface area contributed by atoms with E-state index in [-0.39, 0.29) is 12.5 Å². The summed E-state index contributed by atoms with van der Waals surface area (Å²) in [5.41, 5.74) is 2.25. The molecule has 0 saturated carbocycles. The Bertz CT molecular complexity index is 697. The van der Waals surface area contributed by atoms with Gasteiger partial charge in [0.15, 0.2) is 0 Å². The fourth-order valence-corrected chi connectivity index (χ4v) is 2.40. The number of carbonyl (C=O) groups excluding carboxylic acids is 2. The van der Waals surface area contributed by atoms with Gasteiger partial charge >= 0.3 is 0 Å². The van der Waals surface area contributed by atoms with E-state index in [2.05, 4.69) is 17.6 Å². The molecule has 0 radical (unpaired) electrons. The van der Waals surface area contributed by atoms with Crippen LogP contribution in [-0.4, -0.2) is 18.4 Å². The van der Waals surface area contributed by atoms with Gasteiger partial charge in [0.05, 0.1) is 6.54 Å². The molecule has 4 nitrogen and oxygen atoms in total. The first-order valence-corrected chi connectivity index (χ1v) is 8.51. The molecule has 0 aliphatic heterocycles. The number of aryl methyl sites for hydroxylation is 1. The van der Waals surface area contributed by atoms with E-state index in [4.69, 9.17) is 0 Å². The lowest BCUT2D eigenvalue weighted by Gasteiger charge is -2.08. The highest BCUT2D eigenvalue weighted by Crippen LogP contribution is 2.12. The number of anilines is 1. The molecule has 0 aliphatic carbocycles. The van der Waals surface area contributed by atoms with Crippen LogP contribution >= 0.6 is 0 Å². The maximum Gasteiger partial charge on any atom is 0.251 e. The van der Waals surface area contributed by atoms with Gasteiger partial charge in [-0.25, -0.2) is 4.39 Å². The zero-order valence-corrected chi connectivity index (χ0v) is 14.3.